The van der Waals surface area contributed by atoms with Gasteiger partial charge in [0.15, 0.2) is 5.65 Å². The molecule has 0 radical (unpaired) electrons. The second-order valence-electron chi connectivity index (χ2n) is 4.81. The van der Waals surface area contributed by atoms with Gasteiger partial charge in [-0.2, -0.15) is 0 Å². The van der Waals surface area contributed by atoms with E-state index >= 15 is 0 Å². The number of benzene rings is 1. The minimum Gasteiger partial charge on any atom is -0.296 e. The first kappa shape index (κ1) is 15.2. The molecule has 0 saturated heterocycles. The number of rotatable bonds is 3. The van der Waals surface area contributed by atoms with Crippen molar-refractivity contribution >= 4 is 49.4 Å². The molecule has 0 spiro atoms. The van der Waals surface area contributed by atoms with E-state index < -0.39 is 0 Å². The van der Waals surface area contributed by atoms with Crippen molar-refractivity contribution in [1.82, 2.24) is 9.38 Å². The van der Waals surface area contributed by atoms with E-state index in [0.717, 1.165) is 20.2 Å². The van der Waals surface area contributed by atoms with E-state index in [-0.39, 0.29) is 5.78 Å². The van der Waals surface area contributed by atoms with Gasteiger partial charge in [0.25, 0.3) is 0 Å². The van der Waals surface area contributed by atoms with E-state index in [9.17, 15) is 4.79 Å². The van der Waals surface area contributed by atoms with Crippen LogP contribution in [0.15, 0.2) is 57.6 Å². The van der Waals surface area contributed by atoms with Gasteiger partial charge in [0.2, 0.25) is 5.78 Å². The van der Waals surface area contributed by atoms with Crippen LogP contribution in [0.2, 0.25) is 0 Å². The normalized spacial score (nSPS) is 11.4. The maximum absolute atomic E-state index is 12.6. The maximum atomic E-state index is 12.6. The summed E-state index contributed by atoms with van der Waals surface area (Å²) in [5.41, 5.74) is 3.01. The molecule has 2 heterocycles. The molecule has 1 aromatic carbocycles. The quantitative estimate of drug-likeness (QED) is 0.439. The summed E-state index contributed by atoms with van der Waals surface area (Å²) in [6.07, 6.45) is 5.24. The van der Waals surface area contributed by atoms with E-state index in [1.807, 2.05) is 60.0 Å². The fourth-order valence-electron chi connectivity index (χ4n) is 2.30. The summed E-state index contributed by atoms with van der Waals surface area (Å²) in [6, 6.07) is 11.6. The zero-order chi connectivity index (χ0) is 15.7. The molecule has 3 nitrogen and oxygen atoms in total. The summed E-state index contributed by atoms with van der Waals surface area (Å²) in [5, 5.41) is 0. The highest BCUT2D eigenvalue weighted by molar-refractivity contribution is 9.11. The van der Waals surface area contributed by atoms with Crippen LogP contribution in [0, 0.1) is 6.92 Å². The Kier molecular flexibility index (Phi) is 4.27. The van der Waals surface area contributed by atoms with Crippen molar-refractivity contribution in [1.29, 1.82) is 0 Å². The third kappa shape index (κ3) is 2.78. The number of carbonyl (C=O) groups excluding carboxylic acids is 1. The predicted molar refractivity (Wildman–Crippen MR) is 95.1 cm³/mol. The molecule has 5 heteroatoms. The summed E-state index contributed by atoms with van der Waals surface area (Å²) in [5.74, 6) is -0.0705. The molecule has 0 atom stereocenters. The van der Waals surface area contributed by atoms with Crippen LogP contribution in [-0.2, 0) is 0 Å². The molecule has 0 saturated carbocycles. The van der Waals surface area contributed by atoms with E-state index in [2.05, 4.69) is 36.8 Å². The minimum absolute atomic E-state index is 0.0705. The third-order valence-electron chi connectivity index (χ3n) is 3.33. The minimum atomic E-state index is -0.0705. The number of hydrogen-bond donors (Lipinski definition) is 0. The van der Waals surface area contributed by atoms with Crippen LogP contribution in [0.1, 0.15) is 21.7 Å². The molecule has 0 aliphatic rings. The van der Waals surface area contributed by atoms with E-state index in [1.165, 1.54) is 0 Å². The molecule has 0 bridgehead atoms. The van der Waals surface area contributed by atoms with Gasteiger partial charge >= 0.3 is 0 Å². The lowest BCUT2D eigenvalue weighted by Gasteiger charge is -2.00. The molecule has 2 aromatic heterocycles. The SMILES string of the molecule is Cc1nc2c(Br)cccn2c1C(=O)/C=C/c1ccccc1Br. The molecule has 0 aliphatic carbocycles. The van der Waals surface area contributed by atoms with Gasteiger partial charge in [0.05, 0.1) is 10.2 Å². The van der Waals surface area contributed by atoms with Gasteiger partial charge in [-0.1, -0.05) is 34.1 Å². The number of fused-ring (bicyclic) bond motifs is 1. The third-order valence-corrected chi connectivity index (χ3v) is 4.67. The van der Waals surface area contributed by atoms with Crippen LogP contribution < -0.4 is 0 Å². The fourth-order valence-corrected chi connectivity index (χ4v) is 3.15. The van der Waals surface area contributed by atoms with Gasteiger partial charge in [-0.05, 0) is 58.8 Å². The Morgan fingerprint density at radius 2 is 1.86 bits per heavy atom. The Morgan fingerprint density at radius 3 is 2.64 bits per heavy atom. The summed E-state index contributed by atoms with van der Waals surface area (Å²) in [4.78, 5) is 17.0. The molecule has 0 unspecified atom stereocenters. The number of imidazole rings is 1. The lowest BCUT2D eigenvalue weighted by Crippen LogP contribution is -2.02. The molecular weight excluding hydrogens is 408 g/mol. The Morgan fingerprint density at radius 1 is 1.14 bits per heavy atom. The Hall–Kier alpha value is -1.72. The van der Waals surface area contributed by atoms with Gasteiger partial charge < -0.3 is 0 Å². The van der Waals surface area contributed by atoms with E-state index in [0.29, 0.717) is 11.4 Å². The van der Waals surface area contributed by atoms with Gasteiger partial charge in [0.1, 0.15) is 5.69 Å². The first-order valence-electron chi connectivity index (χ1n) is 6.68. The van der Waals surface area contributed by atoms with Crippen LogP contribution in [0.5, 0.6) is 0 Å². The smallest absolute Gasteiger partial charge is 0.204 e. The van der Waals surface area contributed by atoms with Crippen LogP contribution in [0.25, 0.3) is 11.7 Å². The number of allylic oxidation sites excluding steroid dienone is 1. The van der Waals surface area contributed by atoms with Gasteiger partial charge in [0, 0.05) is 10.7 Å². The van der Waals surface area contributed by atoms with Crippen LogP contribution >= 0.6 is 31.9 Å². The summed E-state index contributed by atoms with van der Waals surface area (Å²) < 4.78 is 3.63. The second-order valence-corrected chi connectivity index (χ2v) is 6.52. The van der Waals surface area contributed by atoms with Gasteiger partial charge in [-0.3, -0.25) is 9.20 Å². The first-order chi connectivity index (χ1) is 10.6. The summed E-state index contributed by atoms with van der Waals surface area (Å²) in [6.45, 7) is 1.85. The Bertz CT molecular complexity index is 897. The number of aromatic nitrogens is 2. The monoisotopic (exact) mass is 418 g/mol. The van der Waals surface area contributed by atoms with Crippen LogP contribution in [0.3, 0.4) is 0 Å². The molecule has 3 rings (SSSR count). The van der Waals surface area contributed by atoms with Crippen molar-refractivity contribution in [2.75, 3.05) is 0 Å². The number of ketones is 1. The highest BCUT2D eigenvalue weighted by atomic mass is 79.9. The molecule has 0 aliphatic heterocycles. The average molecular weight is 420 g/mol. The van der Waals surface area contributed by atoms with Crippen molar-refractivity contribution in [3.63, 3.8) is 0 Å². The zero-order valence-corrected chi connectivity index (χ0v) is 14.9. The number of carbonyl (C=O) groups is 1. The van der Waals surface area contributed by atoms with Crippen molar-refractivity contribution in [2.24, 2.45) is 0 Å². The van der Waals surface area contributed by atoms with Crippen molar-refractivity contribution in [2.45, 2.75) is 6.92 Å². The lowest BCUT2D eigenvalue weighted by atomic mass is 10.1. The molecule has 22 heavy (non-hydrogen) atoms. The van der Waals surface area contributed by atoms with Crippen molar-refractivity contribution in [3.8, 4) is 0 Å². The predicted octanol–water partition coefficient (Wildman–Crippen LogP) is 5.06. The fraction of sp³-hybridized carbons (Fsp3) is 0.0588. The number of nitrogens with zero attached hydrogens (tertiary/aromatic N) is 2. The second kappa shape index (κ2) is 6.18. The number of aryl methyl sites for hydroxylation is 1. The average Bonchev–Trinajstić information content (AvgIpc) is 2.84. The highest BCUT2D eigenvalue weighted by Crippen LogP contribution is 2.22. The van der Waals surface area contributed by atoms with Gasteiger partial charge in [-0.15, -0.1) is 0 Å². The number of halogens is 2. The molecule has 0 amide bonds. The molecule has 3 aromatic rings. The highest BCUT2D eigenvalue weighted by Gasteiger charge is 2.15. The standard InChI is InChI=1S/C17H12Br2N2O/c1-11-16(21-10-4-7-14(19)17(21)20-11)15(22)9-8-12-5-2-3-6-13(12)18/h2-10H,1H3/b9-8+. The van der Waals surface area contributed by atoms with Crippen LogP contribution in [-0.4, -0.2) is 15.2 Å². The van der Waals surface area contributed by atoms with E-state index in [1.54, 1.807) is 6.08 Å². The largest absolute Gasteiger partial charge is 0.296 e. The molecule has 0 N–H and O–H groups in total. The van der Waals surface area contributed by atoms with Crippen molar-refractivity contribution in [3.05, 3.63) is 74.6 Å². The lowest BCUT2D eigenvalue weighted by molar-refractivity contribution is 0.104. The maximum Gasteiger partial charge on any atom is 0.204 e. The summed E-state index contributed by atoms with van der Waals surface area (Å²) in [7, 11) is 0. The number of hydrogen-bond acceptors (Lipinski definition) is 2. The van der Waals surface area contributed by atoms with Crippen molar-refractivity contribution < 1.29 is 4.79 Å². The Balaban J connectivity index is 2.01. The number of pyridine rings is 1. The zero-order valence-electron chi connectivity index (χ0n) is 11.8. The van der Waals surface area contributed by atoms with Gasteiger partial charge in [-0.25, -0.2) is 4.98 Å². The Labute approximate surface area is 144 Å². The topological polar surface area (TPSA) is 34.4 Å². The molecular formula is C17H12Br2N2O. The van der Waals surface area contributed by atoms with E-state index in [4.69, 9.17) is 0 Å². The van der Waals surface area contributed by atoms with Crippen LogP contribution in [0.4, 0.5) is 0 Å². The first-order valence-corrected chi connectivity index (χ1v) is 8.26. The molecule has 0 fully saturated rings. The molecule has 110 valence electrons. The summed E-state index contributed by atoms with van der Waals surface area (Å²) >= 11 is 6.93.